The Hall–Kier alpha value is -2.34. The number of allylic oxidation sites excluding steroid dienone is 2. The van der Waals surface area contributed by atoms with E-state index in [9.17, 15) is 39.9 Å². The number of aliphatic carboxylic acids is 1. The van der Waals surface area contributed by atoms with Crippen molar-refractivity contribution in [1.82, 2.24) is 4.90 Å². The number of carboxylic acid groups (broad SMARTS) is 1. The minimum atomic E-state index is -1.62. The lowest BCUT2D eigenvalue weighted by molar-refractivity contribution is -0.181. The first-order valence-electron chi connectivity index (χ1n) is 14.0. The first-order valence-corrected chi connectivity index (χ1v) is 14.0. The van der Waals surface area contributed by atoms with E-state index in [0.29, 0.717) is 31.4 Å². The summed E-state index contributed by atoms with van der Waals surface area (Å²) in [7, 11) is 0. The predicted octanol–water partition coefficient (Wildman–Crippen LogP) is 0.631. The largest absolute Gasteiger partial charge is 0.480 e. The number of hydrogen-bond donors (Lipinski definition) is 5. The zero-order valence-electron chi connectivity index (χ0n) is 22.6. The number of carbonyl (C=O) groups excluding carboxylic acids is 2. The lowest BCUT2D eigenvalue weighted by Gasteiger charge is -2.60. The summed E-state index contributed by atoms with van der Waals surface area (Å²) < 4.78 is 0. The van der Waals surface area contributed by atoms with Gasteiger partial charge in [-0.05, 0) is 74.2 Å². The molecule has 5 rings (SSSR count). The Kier molecular flexibility index (Phi) is 7.18. The van der Waals surface area contributed by atoms with Gasteiger partial charge in [-0.2, -0.15) is 0 Å². The number of rotatable bonds is 6. The fourth-order valence-electron chi connectivity index (χ4n) is 8.94. The Balaban J connectivity index is 1.29. The van der Waals surface area contributed by atoms with Gasteiger partial charge in [0, 0.05) is 18.4 Å². The molecular formula is C28H40N2O9. The number of hydrogen-bond acceptors (Lipinski definition) is 9. The molecular weight excluding hydrogens is 508 g/mol. The van der Waals surface area contributed by atoms with Crippen LogP contribution in [0.2, 0.25) is 0 Å². The van der Waals surface area contributed by atoms with E-state index in [1.807, 2.05) is 13.0 Å². The molecule has 9 atom stereocenters. The van der Waals surface area contributed by atoms with Crippen molar-refractivity contribution < 1.29 is 44.8 Å². The number of β-amino-alcohol motifs (C(OH)–C–C–N with tert-alkyl or cyclic N) is 1. The minimum absolute atomic E-state index is 0.00861. The number of oxime groups is 1. The Bertz CT molecular complexity index is 1110. The van der Waals surface area contributed by atoms with Crippen molar-refractivity contribution >= 4 is 23.4 Å². The summed E-state index contributed by atoms with van der Waals surface area (Å²) in [4.78, 5) is 42.9. The standard InChI is InChI=1S/C28H40N2O9/c1-26-7-5-16(29-39-14-23(35)30-12-17(32)10-20(30)25(36)37)9-15(26)3-4-18-19-6-8-28(38,22(34)13-31)27(19,2)11-21(33)24(18)26/h9,17-21,24,31-33,38H,3-8,10-14H2,1-2H3,(H,36,37)/b29-16-/t17-,18-,19-,20-,21+,24+,26-,27-,28-/m0/s1. The molecule has 0 unspecified atom stereocenters. The second-order valence-electron chi connectivity index (χ2n) is 12.7. The van der Waals surface area contributed by atoms with Crippen molar-refractivity contribution in [1.29, 1.82) is 0 Å². The summed E-state index contributed by atoms with van der Waals surface area (Å²) in [5, 5.41) is 55.6. The highest BCUT2D eigenvalue weighted by atomic mass is 16.6. The number of aliphatic hydroxyl groups excluding tert-OH is 3. The van der Waals surface area contributed by atoms with E-state index >= 15 is 0 Å². The Morgan fingerprint density at radius 3 is 2.59 bits per heavy atom. The van der Waals surface area contributed by atoms with Crippen LogP contribution in [0.4, 0.5) is 0 Å². The van der Waals surface area contributed by atoms with E-state index in [-0.39, 0.29) is 36.1 Å². The molecule has 216 valence electrons. The summed E-state index contributed by atoms with van der Waals surface area (Å²) in [5.74, 6) is -2.06. The second-order valence-corrected chi connectivity index (χ2v) is 12.7. The van der Waals surface area contributed by atoms with Crippen molar-refractivity contribution in [2.24, 2.45) is 33.7 Å². The van der Waals surface area contributed by atoms with Crippen LogP contribution in [0.3, 0.4) is 0 Å². The maximum atomic E-state index is 12.6. The van der Waals surface area contributed by atoms with Gasteiger partial charge in [-0.1, -0.05) is 24.6 Å². The smallest absolute Gasteiger partial charge is 0.326 e. The number of nitrogens with zero attached hydrogens (tertiary/aromatic N) is 2. The molecule has 4 fully saturated rings. The number of carbonyl (C=O) groups is 3. The van der Waals surface area contributed by atoms with E-state index in [2.05, 4.69) is 12.1 Å². The minimum Gasteiger partial charge on any atom is -0.480 e. The number of amides is 1. The molecule has 0 aromatic carbocycles. The zero-order valence-corrected chi connectivity index (χ0v) is 22.6. The number of carboxylic acids is 1. The van der Waals surface area contributed by atoms with Crippen LogP contribution < -0.4 is 0 Å². The second kappa shape index (κ2) is 9.94. The number of ketones is 1. The van der Waals surface area contributed by atoms with Gasteiger partial charge in [0.15, 0.2) is 12.4 Å². The van der Waals surface area contributed by atoms with Gasteiger partial charge in [0.1, 0.15) is 18.2 Å². The molecule has 0 radical (unpaired) electrons. The van der Waals surface area contributed by atoms with E-state index in [4.69, 9.17) is 4.84 Å². The molecule has 0 aromatic rings. The molecule has 1 amide bonds. The molecule has 1 saturated heterocycles. The van der Waals surface area contributed by atoms with Crippen LogP contribution in [0.25, 0.3) is 0 Å². The van der Waals surface area contributed by atoms with Crippen LogP contribution >= 0.6 is 0 Å². The summed E-state index contributed by atoms with van der Waals surface area (Å²) in [6, 6.07) is -1.07. The van der Waals surface area contributed by atoms with Crippen LogP contribution in [-0.2, 0) is 19.2 Å². The van der Waals surface area contributed by atoms with Gasteiger partial charge in [0.25, 0.3) is 5.91 Å². The summed E-state index contributed by atoms with van der Waals surface area (Å²) in [5.41, 5.74) is -0.824. The molecule has 1 heterocycles. The number of aliphatic hydroxyl groups is 4. The van der Waals surface area contributed by atoms with Gasteiger partial charge < -0.3 is 35.3 Å². The summed E-state index contributed by atoms with van der Waals surface area (Å²) >= 11 is 0. The van der Waals surface area contributed by atoms with Crippen LogP contribution in [-0.4, -0.2) is 97.4 Å². The highest BCUT2D eigenvalue weighted by Gasteiger charge is 2.68. The molecule has 0 aromatic heterocycles. The van der Waals surface area contributed by atoms with Gasteiger partial charge >= 0.3 is 5.97 Å². The zero-order chi connectivity index (χ0) is 28.3. The van der Waals surface area contributed by atoms with Crippen molar-refractivity contribution in [3.05, 3.63) is 11.6 Å². The van der Waals surface area contributed by atoms with Crippen LogP contribution in [0.1, 0.15) is 65.2 Å². The lowest BCUT2D eigenvalue weighted by atomic mass is 9.45. The average Bonchev–Trinajstić information content (AvgIpc) is 3.41. The van der Waals surface area contributed by atoms with E-state index in [1.54, 1.807) is 0 Å². The lowest BCUT2D eigenvalue weighted by Crippen LogP contribution is -2.62. The third-order valence-corrected chi connectivity index (χ3v) is 10.9. The van der Waals surface area contributed by atoms with Crippen molar-refractivity contribution in [2.45, 2.75) is 89.1 Å². The molecule has 5 aliphatic rings. The van der Waals surface area contributed by atoms with Crippen molar-refractivity contribution in [3.63, 3.8) is 0 Å². The molecule has 4 aliphatic carbocycles. The number of likely N-dealkylation sites (tertiary alicyclic amines) is 1. The first-order chi connectivity index (χ1) is 18.4. The number of Topliss-reactive ketones (excluding diaryl/α,β-unsaturated/α-hetero) is 1. The Labute approximate surface area is 227 Å². The molecule has 5 N–H and O–H groups in total. The molecule has 0 spiro atoms. The van der Waals surface area contributed by atoms with Crippen molar-refractivity contribution in [2.75, 3.05) is 19.8 Å². The van der Waals surface area contributed by atoms with Gasteiger partial charge in [0.2, 0.25) is 0 Å². The molecule has 3 saturated carbocycles. The third kappa shape index (κ3) is 4.32. The summed E-state index contributed by atoms with van der Waals surface area (Å²) in [6.07, 6.45) is 4.61. The van der Waals surface area contributed by atoms with E-state index in [0.717, 1.165) is 24.2 Å². The maximum Gasteiger partial charge on any atom is 0.326 e. The molecule has 0 bridgehead atoms. The van der Waals surface area contributed by atoms with Gasteiger partial charge in [-0.3, -0.25) is 9.59 Å². The van der Waals surface area contributed by atoms with Gasteiger partial charge in [0.05, 0.1) is 17.9 Å². The Morgan fingerprint density at radius 2 is 1.90 bits per heavy atom. The van der Waals surface area contributed by atoms with E-state index < -0.39 is 60.1 Å². The third-order valence-electron chi connectivity index (χ3n) is 10.9. The SMILES string of the molecule is C[C@]12CC/C(=N/OCC(=O)N3C[C@@H](O)C[C@H]3C(=O)O)C=C1CC[C@@H]1[C@@H]2[C@H](O)C[C@@]2(C)[C@H]1CC[C@]2(O)C(=O)CO. The summed E-state index contributed by atoms with van der Waals surface area (Å²) in [6.45, 7) is 2.91. The van der Waals surface area contributed by atoms with Crippen LogP contribution in [0.15, 0.2) is 16.8 Å². The monoisotopic (exact) mass is 548 g/mol. The average molecular weight is 549 g/mol. The molecule has 11 heteroatoms. The van der Waals surface area contributed by atoms with Gasteiger partial charge in [-0.15, -0.1) is 0 Å². The normalized spacial score (nSPS) is 44.3. The molecule has 1 aliphatic heterocycles. The molecule has 39 heavy (non-hydrogen) atoms. The highest BCUT2D eigenvalue weighted by molar-refractivity contribution is 5.96. The quantitative estimate of drug-likeness (QED) is 0.298. The Morgan fingerprint density at radius 1 is 1.15 bits per heavy atom. The molecule has 11 nitrogen and oxygen atoms in total. The van der Waals surface area contributed by atoms with Crippen LogP contribution in [0.5, 0.6) is 0 Å². The highest BCUT2D eigenvalue weighted by Crippen LogP contribution is 2.67. The fraction of sp³-hybridized carbons (Fsp3) is 0.786. The van der Waals surface area contributed by atoms with Crippen LogP contribution in [0, 0.1) is 28.6 Å². The van der Waals surface area contributed by atoms with E-state index in [1.165, 1.54) is 5.57 Å². The van der Waals surface area contributed by atoms with Crippen molar-refractivity contribution in [3.8, 4) is 0 Å². The topological polar surface area (TPSA) is 177 Å². The number of fused-ring (bicyclic) bond motifs is 5. The maximum absolute atomic E-state index is 12.6. The fourth-order valence-corrected chi connectivity index (χ4v) is 8.94. The predicted molar refractivity (Wildman–Crippen MR) is 137 cm³/mol. The van der Waals surface area contributed by atoms with Gasteiger partial charge in [-0.25, -0.2) is 4.79 Å². The first kappa shape index (κ1) is 28.2.